The first-order valence-electron chi connectivity index (χ1n) is 10.0. The summed E-state index contributed by atoms with van der Waals surface area (Å²) in [4.78, 5) is 37.5. The summed E-state index contributed by atoms with van der Waals surface area (Å²) in [5.41, 5.74) is -0.126. The topological polar surface area (TPSA) is 138 Å². The van der Waals surface area contributed by atoms with Crippen LogP contribution in [0.15, 0.2) is 41.3 Å². The molecule has 1 unspecified atom stereocenters. The van der Waals surface area contributed by atoms with Gasteiger partial charge in [-0.05, 0) is 31.9 Å². The van der Waals surface area contributed by atoms with Crippen molar-refractivity contribution in [3.63, 3.8) is 0 Å². The Bertz CT molecular complexity index is 1290. The number of aromatic nitrogens is 3. The normalized spacial score (nSPS) is 11.4. The molecule has 0 aliphatic rings. The molecule has 0 saturated heterocycles. The first-order chi connectivity index (χ1) is 16.6. The van der Waals surface area contributed by atoms with Gasteiger partial charge in [0.25, 0.3) is 5.91 Å². The Kier molecular flexibility index (Phi) is 8.49. The van der Waals surface area contributed by atoms with Crippen LogP contribution in [0.4, 0.5) is 15.9 Å². The largest absolute Gasteiger partial charge is 0.482 e. The lowest BCUT2D eigenvalue weighted by Gasteiger charge is -2.26. The number of H-pyrrole nitrogens is 1. The molecule has 0 saturated carbocycles. The van der Waals surface area contributed by atoms with Gasteiger partial charge in [-0.25, -0.2) is 4.39 Å². The summed E-state index contributed by atoms with van der Waals surface area (Å²) in [5, 5.41) is 20.3. The van der Waals surface area contributed by atoms with E-state index in [-0.39, 0.29) is 44.1 Å². The van der Waals surface area contributed by atoms with Crippen LogP contribution in [0, 0.1) is 5.82 Å². The zero-order valence-electron chi connectivity index (χ0n) is 18.3. The van der Waals surface area contributed by atoms with Gasteiger partial charge in [-0.15, -0.1) is 10.2 Å². The smallest absolute Gasteiger partial charge is 0.397 e. The predicted octanol–water partition coefficient (Wildman–Crippen LogP) is 2.73. The van der Waals surface area contributed by atoms with Crippen LogP contribution in [-0.2, 0) is 4.79 Å². The Labute approximate surface area is 209 Å². The number of benzene rings is 1. The van der Waals surface area contributed by atoms with Crippen LogP contribution in [0.5, 0.6) is 5.75 Å². The number of hydrogen-bond acceptors (Lipinski definition) is 8. The van der Waals surface area contributed by atoms with E-state index >= 15 is 0 Å². The van der Waals surface area contributed by atoms with Gasteiger partial charge < -0.3 is 29.6 Å². The molecule has 2 aromatic heterocycles. The molecule has 1 amide bonds. The Morgan fingerprint density at radius 3 is 2.71 bits per heavy atom. The number of nitrogens with one attached hydrogen (secondary N) is 2. The minimum atomic E-state index is -1.23. The summed E-state index contributed by atoms with van der Waals surface area (Å²) >= 11 is 12.3. The van der Waals surface area contributed by atoms with Crippen molar-refractivity contribution < 1.29 is 23.7 Å². The highest BCUT2D eigenvalue weighted by molar-refractivity contribution is 6.82. The van der Waals surface area contributed by atoms with Crippen molar-refractivity contribution in [2.75, 3.05) is 10.0 Å². The molecule has 179 valence electrons. The monoisotopic (exact) mass is 518 g/mol. The van der Waals surface area contributed by atoms with Crippen LogP contribution >= 0.6 is 23.2 Å². The number of ether oxygens (including phenoxy) is 1. The lowest BCUT2D eigenvalue weighted by atomic mass is 9.73. The highest BCUT2D eigenvalue weighted by atomic mass is 35.5. The summed E-state index contributed by atoms with van der Waals surface area (Å²) < 4.78 is 21.0. The molecule has 2 heterocycles. The number of amides is 1. The number of nitrogens with zero attached hydrogens (tertiary/aromatic N) is 3. The standard InChI is InChI=1S/C20H17B2Cl2FN5O5/c1-10(17-12(23)4-5-13(25)18(17)24)35-15-7-14(20(33)27-11-3-6-16(32)26-8-11)28-29-19(15)30(21-9-31)22(2)34/h3-10,34H,1-2H3,(H,26,32)(H,27,33). The fourth-order valence-electron chi connectivity index (χ4n) is 3.03. The van der Waals surface area contributed by atoms with Gasteiger partial charge in [-0.3, -0.25) is 9.59 Å². The predicted molar refractivity (Wildman–Crippen MR) is 131 cm³/mol. The van der Waals surface area contributed by atoms with E-state index in [0.29, 0.717) is 6.19 Å². The van der Waals surface area contributed by atoms with Crippen LogP contribution in [0.25, 0.3) is 0 Å². The van der Waals surface area contributed by atoms with Gasteiger partial charge in [0.05, 0.1) is 10.7 Å². The van der Waals surface area contributed by atoms with E-state index in [1.807, 2.05) is 0 Å². The number of carbonyl (C=O) groups excluding carboxylic acids is 2. The maximum atomic E-state index is 14.0. The molecule has 3 aromatic rings. The highest BCUT2D eigenvalue weighted by Gasteiger charge is 2.27. The van der Waals surface area contributed by atoms with Crippen LogP contribution in [-0.4, -0.2) is 46.8 Å². The molecular weight excluding hydrogens is 502 g/mol. The first kappa shape index (κ1) is 26.2. The van der Waals surface area contributed by atoms with E-state index in [1.54, 1.807) is 0 Å². The van der Waals surface area contributed by atoms with Crippen molar-refractivity contribution in [1.29, 1.82) is 0 Å². The number of pyridine rings is 1. The SMILES string of the molecule is CB(O)N([B]C=O)c1nnc(C(=O)Nc2ccc(=O)[nH]c2)cc1OC(C)c1c(Cl)ccc(F)c1Cl. The maximum absolute atomic E-state index is 14.0. The second-order valence-corrected chi connectivity index (χ2v) is 7.94. The van der Waals surface area contributed by atoms with Crippen LogP contribution < -0.4 is 20.3 Å². The molecule has 0 aliphatic carbocycles. The third kappa shape index (κ3) is 6.18. The maximum Gasteiger partial charge on any atom is 0.397 e. The number of halogens is 3. The van der Waals surface area contributed by atoms with Crippen molar-refractivity contribution in [3.8, 4) is 5.75 Å². The quantitative estimate of drug-likeness (QED) is 0.223. The Morgan fingerprint density at radius 2 is 2.09 bits per heavy atom. The van der Waals surface area contributed by atoms with E-state index in [9.17, 15) is 23.8 Å². The van der Waals surface area contributed by atoms with Crippen molar-refractivity contribution in [2.45, 2.75) is 19.9 Å². The molecule has 15 heteroatoms. The Morgan fingerprint density at radius 1 is 1.34 bits per heavy atom. The molecule has 35 heavy (non-hydrogen) atoms. The van der Waals surface area contributed by atoms with Crippen LogP contribution in [0.1, 0.15) is 29.1 Å². The van der Waals surface area contributed by atoms with Crippen molar-refractivity contribution in [3.05, 3.63) is 74.0 Å². The van der Waals surface area contributed by atoms with E-state index in [1.165, 1.54) is 44.2 Å². The molecule has 0 fully saturated rings. The van der Waals surface area contributed by atoms with Gasteiger partial charge in [0.1, 0.15) is 18.1 Å². The van der Waals surface area contributed by atoms with Gasteiger partial charge in [-0.1, -0.05) is 23.2 Å². The molecule has 1 atom stereocenters. The summed E-state index contributed by atoms with van der Waals surface area (Å²) in [7, 11) is -0.233. The van der Waals surface area contributed by atoms with Crippen LogP contribution in [0.2, 0.25) is 16.9 Å². The summed E-state index contributed by atoms with van der Waals surface area (Å²) in [6.07, 6.45) is 0.762. The molecule has 0 aliphatic heterocycles. The van der Waals surface area contributed by atoms with E-state index in [0.717, 1.165) is 18.2 Å². The summed E-state index contributed by atoms with van der Waals surface area (Å²) in [6, 6.07) is 6.25. The average Bonchev–Trinajstić information content (AvgIpc) is 2.81. The van der Waals surface area contributed by atoms with Gasteiger partial charge in [0, 0.05) is 28.9 Å². The van der Waals surface area contributed by atoms with Gasteiger partial charge in [0.15, 0.2) is 17.3 Å². The lowest BCUT2D eigenvalue weighted by Crippen LogP contribution is -2.42. The lowest BCUT2D eigenvalue weighted by molar-refractivity contribution is 0.102. The molecule has 1 radical (unpaired) electrons. The summed E-state index contributed by atoms with van der Waals surface area (Å²) in [5.74, 6) is -1.61. The van der Waals surface area contributed by atoms with Crippen molar-refractivity contribution in [2.24, 2.45) is 0 Å². The first-order valence-corrected chi connectivity index (χ1v) is 10.8. The highest BCUT2D eigenvalue weighted by Crippen LogP contribution is 2.37. The molecule has 10 nitrogen and oxygen atoms in total. The van der Waals surface area contributed by atoms with E-state index in [2.05, 4.69) is 20.5 Å². The second-order valence-electron chi connectivity index (χ2n) is 7.15. The second kappa shape index (κ2) is 11.3. The van der Waals surface area contributed by atoms with Gasteiger partial charge in [0.2, 0.25) is 5.56 Å². The number of rotatable bonds is 9. The number of hydrogen-bond donors (Lipinski definition) is 3. The Balaban J connectivity index is 2.02. The number of carbonyl (C=O) groups is 2. The third-order valence-corrected chi connectivity index (χ3v) is 5.39. The molecule has 3 N–H and O–H groups in total. The average molecular weight is 519 g/mol. The summed E-state index contributed by atoms with van der Waals surface area (Å²) in [6.45, 7) is 2.90. The Hall–Kier alpha value is -3.41. The number of aromatic amines is 1. The molecule has 0 bridgehead atoms. The molecule has 3 rings (SSSR count). The molecular formula is C20H17B2Cl2FN5O5. The number of anilines is 2. The fraction of sp³-hybridized carbons (Fsp3) is 0.150. The molecule has 0 spiro atoms. The van der Waals surface area contributed by atoms with E-state index < -0.39 is 24.9 Å². The third-order valence-electron chi connectivity index (χ3n) is 4.67. The van der Waals surface area contributed by atoms with Gasteiger partial charge >= 0.3 is 14.5 Å². The fourth-order valence-corrected chi connectivity index (χ4v) is 3.71. The molecule has 1 aromatic carbocycles. The zero-order chi connectivity index (χ0) is 25.7. The van der Waals surface area contributed by atoms with Crippen LogP contribution in [0.3, 0.4) is 0 Å². The van der Waals surface area contributed by atoms with Crippen molar-refractivity contribution >= 4 is 61.3 Å². The van der Waals surface area contributed by atoms with Crippen molar-refractivity contribution in [1.82, 2.24) is 15.2 Å². The van der Waals surface area contributed by atoms with Gasteiger partial charge in [-0.2, -0.15) is 0 Å². The zero-order valence-corrected chi connectivity index (χ0v) is 19.8. The van der Waals surface area contributed by atoms with E-state index in [4.69, 9.17) is 27.9 Å². The minimum absolute atomic E-state index is 0.0884. The minimum Gasteiger partial charge on any atom is -0.482 e.